The molecular formula is C12H10N2O2. The maximum Gasteiger partial charge on any atom is 0.296 e. The van der Waals surface area contributed by atoms with Crippen LogP contribution >= 0.6 is 0 Å². The fourth-order valence-corrected chi connectivity index (χ4v) is 1.31. The molecule has 2 aromatic rings. The van der Waals surface area contributed by atoms with Gasteiger partial charge in [0.1, 0.15) is 5.52 Å². The summed E-state index contributed by atoms with van der Waals surface area (Å²) in [6, 6.07) is 7.45. The third-order valence-electron chi connectivity index (χ3n) is 1.98. The lowest BCUT2D eigenvalue weighted by atomic mass is 10.3. The van der Waals surface area contributed by atoms with E-state index in [0.29, 0.717) is 11.5 Å². The number of rotatable bonds is 2. The normalized spacial score (nSPS) is 9.56. The van der Waals surface area contributed by atoms with E-state index in [0.717, 1.165) is 5.52 Å². The first-order valence-corrected chi connectivity index (χ1v) is 4.84. The number of carbonyl (C=O) groups excluding carboxylic acids is 1. The Morgan fingerprint density at radius 1 is 1.50 bits per heavy atom. The molecule has 1 N–H and O–H groups in total. The molecular weight excluding hydrogens is 204 g/mol. The van der Waals surface area contributed by atoms with E-state index in [-0.39, 0.29) is 12.5 Å². The van der Waals surface area contributed by atoms with E-state index < -0.39 is 0 Å². The number of fused-ring (bicyclic) bond motifs is 1. The summed E-state index contributed by atoms with van der Waals surface area (Å²) in [6.07, 6.45) is 0. The molecule has 0 atom stereocenters. The van der Waals surface area contributed by atoms with E-state index in [1.165, 1.54) is 0 Å². The Morgan fingerprint density at radius 3 is 3.06 bits per heavy atom. The number of aromatic nitrogens is 1. The van der Waals surface area contributed by atoms with Gasteiger partial charge in [0.25, 0.3) is 5.91 Å². The Labute approximate surface area is 92.7 Å². The van der Waals surface area contributed by atoms with Crippen molar-refractivity contribution < 1.29 is 9.21 Å². The first-order valence-electron chi connectivity index (χ1n) is 4.84. The summed E-state index contributed by atoms with van der Waals surface area (Å²) in [4.78, 5) is 15.3. The van der Waals surface area contributed by atoms with Gasteiger partial charge in [0, 0.05) is 0 Å². The fraction of sp³-hybridized carbons (Fsp3) is 0.167. The van der Waals surface area contributed by atoms with Crippen LogP contribution in [0.1, 0.15) is 12.8 Å². The predicted molar refractivity (Wildman–Crippen MR) is 59.3 cm³/mol. The number of amides is 1. The van der Waals surface area contributed by atoms with Crippen molar-refractivity contribution in [1.82, 2.24) is 10.3 Å². The quantitative estimate of drug-likeness (QED) is 0.770. The van der Waals surface area contributed by atoms with Crippen LogP contribution < -0.4 is 5.32 Å². The number of oxazole rings is 1. The molecule has 4 nitrogen and oxygen atoms in total. The van der Waals surface area contributed by atoms with Gasteiger partial charge in [-0.2, -0.15) is 0 Å². The zero-order chi connectivity index (χ0) is 11.4. The Balaban J connectivity index is 2.09. The number of para-hydroxylation sites is 2. The molecule has 4 heteroatoms. The van der Waals surface area contributed by atoms with Crippen LogP contribution in [-0.2, 0) is 11.3 Å². The van der Waals surface area contributed by atoms with Gasteiger partial charge in [0.2, 0.25) is 5.89 Å². The molecule has 80 valence electrons. The zero-order valence-corrected chi connectivity index (χ0v) is 8.78. The molecule has 2 rings (SSSR count). The van der Waals surface area contributed by atoms with Gasteiger partial charge in [-0.3, -0.25) is 4.79 Å². The van der Waals surface area contributed by atoms with Crippen molar-refractivity contribution in [2.75, 3.05) is 0 Å². The van der Waals surface area contributed by atoms with Crippen LogP contribution in [0.4, 0.5) is 0 Å². The maximum absolute atomic E-state index is 11.1. The average molecular weight is 214 g/mol. The van der Waals surface area contributed by atoms with Crippen LogP contribution in [0.5, 0.6) is 0 Å². The summed E-state index contributed by atoms with van der Waals surface area (Å²) in [6.45, 7) is 1.86. The Hall–Kier alpha value is -2.28. The van der Waals surface area contributed by atoms with E-state index in [1.54, 1.807) is 6.92 Å². The molecule has 1 aromatic carbocycles. The first kappa shape index (κ1) is 10.2. The van der Waals surface area contributed by atoms with Crippen LogP contribution in [0.15, 0.2) is 28.7 Å². The predicted octanol–water partition coefficient (Wildman–Crippen LogP) is 1.47. The van der Waals surface area contributed by atoms with Gasteiger partial charge in [-0.15, -0.1) is 0 Å². The fourth-order valence-electron chi connectivity index (χ4n) is 1.31. The molecule has 0 radical (unpaired) electrons. The van der Waals surface area contributed by atoms with Crippen molar-refractivity contribution in [1.29, 1.82) is 0 Å². The Kier molecular flexibility index (Phi) is 2.88. The number of benzene rings is 1. The highest BCUT2D eigenvalue weighted by Gasteiger charge is 2.05. The highest BCUT2D eigenvalue weighted by atomic mass is 16.3. The highest BCUT2D eigenvalue weighted by molar-refractivity contribution is 5.93. The van der Waals surface area contributed by atoms with Crippen LogP contribution in [0.2, 0.25) is 0 Å². The van der Waals surface area contributed by atoms with Crippen molar-refractivity contribution in [2.45, 2.75) is 13.5 Å². The first-order chi connectivity index (χ1) is 7.79. The lowest BCUT2D eigenvalue weighted by molar-refractivity contribution is -0.115. The molecule has 1 heterocycles. The van der Waals surface area contributed by atoms with Crippen molar-refractivity contribution in [3.05, 3.63) is 30.2 Å². The van der Waals surface area contributed by atoms with Gasteiger partial charge in [-0.25, -0.2) is 4.98 Å². The maximum atomic E-state index is 11.1. The summed E-state index contributed by atoms with van der Waals surface area (Å²) in [5.74, 6) is 5.05. The van der Waals surface area contributed by atoms with E-state index in [1.807, 2.05) is 24.3 Å². The van der Waals surface area contributed by atoms with Crippen molar-refractivity contribution in [2.24, 2.45) is 0 Å². The van der Waals surface area contributed by atoms with Gasteiger partial charge in [-0.1, -0.05) is 18.1 Å². The van der Waals surface area contributed by atoms with Gasteiger partial charge < -0.3 is 9.73 Å². The molecule has 16 heavy (non-hydrogen) atoms. The molecule has 0 bridgehead atoms. The van der Waals surface area contributed by atoms with E-state index in [4.69, 9.17) is 4.42 Å². The summed E-state index contributed by atoms with van der Waals surface area (Å²) < 4.78 is 5.42. The van der Waals surface area contributed by atoms with Gasteiger partial charge >= 0.3 is 0 Å². The molecule has 0 spiro atoms. The van der Waals surface area contributed by atoms with E-state index in [2.05, 4.69) is 22.1 Å². The second-order valence-electron chi connectivity index (χ2n) is 3.13. The summed E-state index contributed by atoms with van der Waals surface area (Å²) in [5.41, 5.74) is 1.50. The van der Waals surface area contributed by atoms with E-state index in [9.17, 15) is 4.79 Å². The third kappa shape index (κ3) is 2.20. The largest absolute Gasteiger partial charge is 0.439 e. The molecule has 0 fully saturated rings. The zero-order valence-electron chi connectivity index (χ0n) is 8.78. The molecule has 0 aliphatic carbocycles. The Bertz CT molecular complexity index is 542. The summed E-state index contributed by atoms with van der Waals surface area (Å²) in [5, 5.41) is 2.59. The third-order valence-corrected chi connectivity index (χ3v) is 1.98. The molecule has 0 unspecified atom stereocenters. The highest BCUT2D eigenvalue weighted by Crippen LogP contribution is 2.14. The topological polar surface area (TPSA) is 55.1 Å². The van der Waals surface area contributed by atoms with Crippen LogP contribution in [0.3, 0.4) is 0 Å². The molecule has 1 amide bonds. The van der Waals surface area contributed by atoms with E-state index >= 15 is 0 Å². The van der Waals surface area contributed by atoms with Crippen molar-refractivity contribution in [3.63, 3.8) is 0 Å². The monoisotopic (exact) mass is 214 g/mol. The summed E-state index contributed by atoms with van der Waals surface area (Å²) >= 11 is 0. The molecule has 0 saturated heterocycles. The Morgan fingerprint density at radius 2 is 2.31 bits per heavy atom. The number of hydrogen-bond acceptors (Lipinski definition) is 3. The minimum atomic E-state index is -0.329. The number of nitrogens with zero attached hydrogens (tertiary/aromatic N) is 1. The number of hydrogen-bond donors (Lipinski definition) is 1. The van der Waals surface area contributed by atoms with Crippen molar-refractivity contribution in [3.8, 4) is 11.8 Å². The smallest absolute Gasteiger partial charge is 0.296 e. The van der Waals surface area contributed by atoms with Crippen LogP contribution in [0.25, 0.3) is 11.1 Å². The van der Waals surface area contributed by atoms with Gasteiger partial charge in [0.05, 0.1) is 6.54 Å². The lowest BCUT2D eigenvalue weighted by Crippen LogP contribution is -2.20. The lowest BCUT2D eigenvalue weighted by Gasteiger charge is -1.94. The number of carbonyl (C=O) groups is 1. The molecule has 1 aromatic heterocycles. The minimum Gasteiger partial charge on any atom is -0.439 e. The minimum absolute atomic E-state index is 0.252. The standard InChI is InChI=1S/C12H10N2O2/c1-2-5-11(15)13-8-12-14-9-6-3-4-7-10(9)16-12/h3-4,6-7H,8H2,1H3,(H,13,15). The van der Waals surface area contributed by atoms with Gasteiger partial charge in [0.15, 0.2) is 5.58 Å². The SMILES string of the molecule is CC#CC(=O)NCc1nc2ccccc2o1. The molecule has 0 saturated carbocycles. The van der Waals surface area contributed by atoms with Crippen LogP contribution in [-0.4, -0.2) is 10.9 Å². The second kappa shape index (κ2) is 4.49. The van der Waals surface area contributed by atoms with Crippen molar-refractivity contribution >= 4 is 17.0 Å². The molecule has 0 aliphatic heterocycles. The van der Waals surface area contributed by atoms with Gasteiger partial charge in [-0.05, 0) is 25.0 Å². The molecule has 0 aliphatic rings. The second-order valence-corrected chi connectivity index (χ2v) is 3.13. The summed E-state index contributed by atoms with van der Waals surface area (Å²) in [7, 11) is 0. The average Bonchev–Trinajstić information content (AvgIpc) is 2.69. The van der Waals surface area contributed by atoms with Crippen LogP contribution in [0, 0.1) is 11.8 Å². The number of nitrogens with one attached hydrogen (secondary N) is 1.